The van der Waals surface area contributed by atoms with E-state index in [-0.39, 0.29) is 17.1 Å². The van der Waals surface area contributed by atoms with Gasteiger partial charge in [-0.3, -0.25) is 0 Å². The summed E-state index contributed by atoms with van der Waals surface area (Å²) in [6.45, 7) is 24.6. The molecular weight excluding hydrogens is 606 g/mol. The molecule has 0 aliphatic heterocycles. The van der Waals surface area contributed by atoms with Gasteiger partial charge in [-0.2, -0.15) is 0 Å². The van der Waals surface area contributed by atoms with Gasteiger partial charge >= 0.3 is 31.3 Å². The standard InChI is InChI=1S/2C15H22BN6.Fe/c2*1-10-7-13(4)20(17-10)16(21-14(5)8-11(2)18-21)22-15(6)9-12(3)19-22;/h2*7-9,16H,1-6H3;/q2*-1;+2. The summed E-state index contributed by atoms with van der Waals surface area (Å²) >= 11 is 0. The Morgan fingerprint density at radius 1 is 0.311 bits per heavy atom. The zero-order chi connectivity index (χ0) is 32.0. The second-order valence-electron chi connectivity index (χ2n) is 12.4. The van der Waals surface area contributed by atoms with Gasteiger partial charge < -0.3 is 27.6 Å². The fourth-order valence-electron chi connectivity index (χ4n) is 6.53. The van der Waals surface area contributed by atoms with Gasteiger partial charge in [0.05, 0.1) is 34.2 Å². The first-order valence-electron chi connectivity index (χ1n) is 15.2. The molecule has 6 aromatic heterocycles. The fourth-order valence-corrected chi connectivity index (χ4v) is 6.53. The van der Waals surface area contributed by atoms with Crippen LogP contribution in [0.1, 0.15) is 68.3 Å². The van der Waals surface area contributed by atoms with Crippen molar-refractivity contribution < 1.29 is 17.1 Å². The minimum Gasteiger partial charge on any atom is -0.400 e. The van der Waals surface area contributed by atoms with E-state index in [0.29, 0.717) is 0 Å². The van der Waals surface area contributed by atoms with Crippen molar-refractivity contribution in [3.63, 3.8) is 0 Å². The molecule has 238 valence electrons. The number of hydrogen-bond donors (Lipinski definition) is 0. The molecule has 0 saturated heterocycles. The third-order valence-electron chi connectivity index (χ3n) is 8.23. The fraction of sp³-hybridized carbons (Fsp3) is 0.400. The molecule has 0 unspecified atom stereocenters. The maximum atomic E-state index is 4.70. The molecule has 0 radical (unpaired) electrons. The minimum absolute atomic E-state index is 0. The zero-order valence-electron chi connectivity index (χ0n) is 28.6. The van der Waals surface area contributed by atoms with Crippen molar-refractivity contribution in [2.24, 2.45) is 0 Å². The molecule has 0 N–H and O–H groups in total. The van der Waals surface area contributed by atoms with E-state index in [2.05, 4.69) is 105 Å². The van der Waals surface area contributed by atoms with Crippen LogP contribution in [0.4, 0.5) is 0 Å². The number of aryl methyl sites for hydroxylation is 12. The first-order valence-corrected chi connectivity index (χ1v) is 15.2. The molecular formula is C30H44B2FeN12. The maximum Gasteiger partial charge on any atom is 2.00 e. The third kappa shape index (κ3) is 6.79. The van der Waals surface area contributed by atoms with E-state index in [9.17, 15) is 0 Å². The van der Waals surface area contributed by atoms with Gasteiger partial charge in [-0.05, 0) is 154 Å². The normalized spacial score (nSPS) is 11.3. The van der Waals surface area contributed by atoms with Crippen molar-refractivity contribution in [1.82, 2.24) is 58.1 Å². The molecule has 0 bridgehead atoms. The Morgan fingerprint density at radius 2 is 0.444 bits per heavy atom. The Hall–Kier alpha value is -4.09. The van der Waals surface area contributed by atoms with Crippen LogP contribution in [0.2, 0.25) is 0 Å². The van der Waals surface area contributed by atoms with Crippen LogP contribution in [-0.4, -0.2) is 72.4 Å². The second kappa shape index (κ2) is 13.1. The Balaban J connectivity index is 0.000000200. The van der Waals surface area contributed by atoms with E-state index in [0.717, 1.165) is 68.3 Å². The van der Waals surface area contributed by atoms with Crippen LogP contribution < -0.4 is 0 Å². The topological polar surface area (TPSA) is 107 Å². The van der Waals surface area contributed by atoms with Gasteiger partial charge in [-0.25, -0.2) is 30.6 Å². The van der Waals surface area contributed by atoms with Crippen molar-refractivity contribution in [2.75, 3.05) is 0 Å². The quantitative estimate of drug-likeness (QED) is 0.256. The molecule has 6 rings (SSSR count). The largest absolute Gasteiger partial charge is 2.00 e. The van der Waals surface area contributed by atoms with E-state index in [1.165, 1.54) is 0 Å². The molecule has 12 nitrogen and oxygen atoms in total. The van der Waals surface area contributed by atoms with E-state index in [4.69, 9.17) is 30.6 Å². The van der Waals surface area contributed by atoms with Crippen molar-refractivity contribution in [2.45, 2.75) is 83.1 Å². The van der Waals surface area contributed by atoms with E-state index >= 15 is 0 Å². The summed E-state index contributed by atoms with van der Waals surface area (Å²) in [5.74, 6) is 0. The van der Waals surface area contributed by atoms with Crippen LogP contribution in [0.3, 0.4) is 0 Å². The summed E-state index contributed by atoms with van der Waals surface area (Å²) in [6, 6.07) is 12.6. The molecule has 6 heterocycles. The molecule has 0 saturated carbocycles. The van der Waals surface area contributed by atoms with Gasteiger partial charge in [0.2, 0.25) is 0 Å². The van der Waals surface area contributed by atoms with E-state index < -0.39 is 14.2 Å². The number of nitrogens with zero attached hydrogens (tertiary/aromatic N) is 12. The molecule has 45 heavy (non-hydrogen) atoms. The first-order chi connectivity index (χ1) is 20.7. The average molecular weight is 650 g/mol. The van der Waals surface area contributed by atoms with Crippen molar-refractivity contribution >= 4 is 14.2 Å². The van der Waals surface area contributed by atoms with Gasteiger partial charge in [0.25, 0.3) is 0 Å². The summed E-state index contributed by atoms with van der Waals surface area (Å²) in [4.78, 5) is 0. The summed E-state index contributed by atoms with van der Waals surface area (Å²) in [5.41, 5.74) is 12.8. The monoisotopic (exact) mass is 650 g/mol. The second-order valence-corrected chi connectivity index (χ2v) is 12.4. The average Bonchev–Trinajstić information content (AvgIpc) is 3.74. The Kier molecular flexibility index (Phi) is 9.84. The SMILES string of the molecule is Cc1cc(C)n([BH-](n2nc(C)cc2C)n2nc(C)cc2C)n1.Cc1cc(C)n([BH-](n2nc(C)cc2C)n2nc(C)cc2C)n1.[Fe+2]. The van der Waals surface area contributed by atoms with Gasteiger partial charge in [0.1, 0.15) is 0 Å². The smallest absolute Gasteiger partial charge is 0.400 e. The summed E-state index contributed by atoms with van der Waals surface area (Å²) in [5, 5.41) is 28.2. The summed E-state index contributed by atoms with van der Waals surface area (Å²) in [7, 11) is -2.52. The molecule has 0 aliphatic carbocycles. The van der Waals surface area contributed by atoms with Crippen LogP contribution >= 0.6 is 0 Å². The molecule has 0 fully saturated rings. The van der Waals surface area contributed by atoms with Crippen LogP contribution in [-0.2, 0) is 17.1 Å². The van der Waals surface area contributed by atoms with Crippen LogP contribution in [0.25, 0.3) is 0 Å². The van der Waals surface area contributed by atoms with E-state index in [1.807, 2.05) is 41.5 Å². The van der Waals surface area contributed by atoms with Gasteiger partial charge in [-0.15, -0.1) is 0 Å². The van der Waals surface area contributed by atoms with Gasteiger partial charge in [0.15, 0.2) is 0 Å². The Labute approximate surface area is 276 Å². The zero-order valence-corrected chi connectivity index (χ0v) is 29.7. The minimum atomic E-state index is -1.26. The summed E-state index contributed by atoms with van der Waals surface area (Å²) in [6.07, 6.45) is 0. The third-order valence-corrected chi connectivity index (χ3v) is 8.23. The van der Waals surface area contributed by atoms with Crippen molar-refractivity contribution in [1.29, 1.82) is 0 Å². The van der Waals surface area contributed by atoms with Crippen molar-refractivity contribution in [3.8, 4) is 0 Å². The van der Waals surface area contributed by atoms with Gasteiger partial charge in [0, 0.05) is 0 Å². The molecule has 0 aliphatic rings. The molecule has 0 amide bonds. The van der Waals surface area contributed by atoms with E-state index in [1.54, 1.807) is 0 Å². The molecule has 15 heteroatoms. The predicted octanol–water partition coefficient (Wildman–Crippen LogP) is 3.57. The van der Waals surface area contributed by atoms with Crippen LogP contribution in [0.15, 0.2) is 36.4 Å². The van der Waals surface area contributed by atoms with Gasteiger partial charge in [-0.1, -0.05) is 0 Å². The predicted molar refractivity (Wildman–Crippen MR) is 177 cm³/mol. The number of aromatic nitrogens is 12. The Bertz CT molecular complexity index is 1580. The number of rotatable bonds is 6. The van der Waals surface area contributed by atoms with Crippen LogP contribution in [0, 0.1) is 83.1 Å². The first kappa shape index (κ1) is 33.8. The number of hydrogen-bond acceptors (Lipinski definition) is 6. The maximum absolute atomic E-state index is 4.70. The Morgan fingerprint density at radius 3 is 0.533 bits per heavy atom. The summed E-state index contributed by atoms with van der Waals surface area (Å²) < 4.78 is 12.4. The molecule has 6 aromatic rings. The molecule has 0 atom stereocenters. The molecule has 0 spiro atoms. The van der Waals surface area contributed by atoms with Crippen LogP contribution in [0.5, 0.6) is 0 Å². The van der Waals surface area contributed by atoms with Crippen molar-refractivity contribution in [3.05, 3.63) is 105 Å². The molecule has 0 aromatic carbocycles.